The van der Waals surface area contributed by atoms with E-state index in [1.165, 1.54) is 44.0 Å². The zero-order valence-corrected chi connectivity index (χ0v) is 22.3. The van der Waals surface area contributed by atoms with E-state index in [1.807, 2.05) is 21.7 Å². The fraction of sp³-hybridized carbons (Fsp3) is 0.250. The van der Waals surface area contributed by atoms with Crippen LogP contribution in [0.25, 0.3) is 16.8 Å². The second-order valence-electron chi connectivity index (χ2n) is 9.90. The summed E-state index contributed by atoms with van der Waals surface area (Å²) in [5.41, 5.74) is 7.22. The Morgan fingerprint density at radius 2 is 1.95 bits per heavy atom. The second kappa shape index (κ2) is 10.5. The fourth-order valence-electron chi connectivity index (χ4n) is 4.77. The van der Waals surface area contributed by atoms with Gasteiger partial charge < -0.3 is 19.6 Å². The predicted molar refractivity (Wildman–Crippen MR) is 144 cm³/mol. The molecule has 1 saturated carbocycles. The number of nitrogens with zero attached hydrogens (tertiary/aromatic N) is 6. The highest BCUT2D eigenvalue weighted by Crippen LogP contribution is 2.40. The number of methoxy groups -OCH3 is 1. The summed E-state index contributed by atoms with van der Waals surface area (Å²) in [6.45, 7) is 0.262. The van der Waals surface area contributed by atoms with Crippen LogP contribution in [0.15, 0.2) is 60.9 Å². The number of hydrazine groups is 2. The molecule has 0 unspecified atom stereocenters. The topological polar surface area (TPSA) is 137 Å². The van der Waals surface area contributed by atoms with Crippen LogP contribution in [-0.2, 0) is 17.9 Å². The number of carbonyl (C=O) groups excluding carboxylic acids is 1. The third-order valence-corrected chi connectivity index (χ3v) is 7.09. The minimum Gasteiger partial charge on any atom is -0.494 e. The molecule has 1 fully saturated rings. The van der Waals surface area contributed by atoms with Gasteiger partial charge in [-0.3, -0.25) is 15.2 Å². The van der Waals surface area contributed by atoms with Crippen LogP contribution in [0.5, 0.6) is 5.75 Å². The number of pyridine rings is 1. The number of hydrogen-bond donors (Lipinski definition) is 3. The quantitative estimate of drug-likeness (QED) is 0.281. The average molecular weight is 559 g/mol. The Bertz CT molecular complexity index is 1680. The number of hydrogen-bond acceptors (Lipinski definition) is 9. The number of carboxylic acids is 1. The van der Waals surface area contributed by atoms with E-state index in [4.69, 9.17) is 14.8 Å². The number of halogens is 1. The van der Waals surface area contributed by atoms with Crippen molar-refractivity contribution in [1.29, 1.82) is 0 Å². The monoisotopic (exact) mass is 558 g/mol. The molecule has 1 amide bonds. The largest absolute Gasteiger partial charge is 0.494 e. The summed E-state index contributed by atoms with van der Waals surface area (Å²) in [7, 11) is 3.12. The third-order valence-electron chi connectivity index (χ3n) is 7.09. The Balaban J connectivity index is 1.17. The SMILES string of the molecule is COc1ccc(-c2cnc(C(=O)O)nc2)c(CNC(=O)C2=CN(Cc3cn4cc(C5CC5)ccc4n3)N(C)N2)c1F. The molecule has 3 aromatic heterocycles. The van der Waals surface area contributed by atoms with Gasteiger partial charge in [0.05, 0.1) is 19.3 Å². The molecule has 1 aliphatic heterocycles. The zero-order valence-electron chi connectivity index (χ0n) is 22.3. The van der Waals surface area contributed by atoms with E-state index >= 15 is 4.39 Å². The molecule has 3 N–H and O–H groups in total. The van der Waals surface area contributed by atoms with Crippen LogP contribution < -0.4 is 15.5 Å². The van der Waals surface area contributed by atoms with Crippen LogP contribution in [0.4, 0.5) is 4.39 Å². The number of imidazole rings is 1. The number of nitrogens with one attached hydrogen (secondary N) is 2. The van der Waals surface area contributed by atoms with E-state index in [9.17, 15) is 9.59 Å². The zero-order chi connectivity index (χ0) is 28.7. The number of ether oxygens (including phenoxy) is 1. The number of rotatable bonds is 9. The Morgan fingerprint density at radius 3 is 2.66 bits per heavy atom. The summed E-state index contributed by atoms with van der Waals surface area (Å²) in [6.07, 6.45) is 10.8. The highest BCUT2D eigenvalue weighted by molar-refractivity contribution is 5.93. The Hall–Kier alpha value is -5.04. The lowest BCUT2D eigenvalue weighted by atomic mass is 10.0. The maximum atomic E-state index is 15.3. The van der Waals surface area contributed by atoms with Gasteiger partial charge in [0.2, 0.25) is 5.82 Å². The molecular formula is C28H27FN8O4. The van der Waals surface area contributed by atoms with Gasteiger partial charge in [0.1, 0.15) is 11.3 Å². The van der Waals surface area contributed by atoms with Crippen molar-refractivity contribution < 1.29 is 23.8 Å². The lowest BCUT2D eigenvalue weighted by Crippen LogP contribution is -2.40. The first kappa shape index (κ1) is 26.2. The van der Waals surface area contributed by atoms with Gasteiger partial charge in [-0.25, -0.2) is 24.1 Å². The van der Waals surface area contributed by atoms with Gasteiger partial charge >= 0.3 is 5.97 Å². The molecular weight excluding hydrogens is 531 g/mol. The highest BCUT2D eigenvalue weighted by atomic mass is 19.1. The van der Waals surface area contributed by atoms with Gasteiger partial charge in [-0.05, 0) is 42.0 Å². The number of aromatic nitrogens is 4. The third kappa shape index (κ3) is 5.26. The summed E-state index contributed by atoms with van der Waals surface area (Å²) in [4.78, 5) is 36.5. The number of fused-ring (bicyclic) bond motifs is 1. The number of carboxylic acid groups (broad SMARTS) is 1. The van der Waals surface area contributed by atoms with Crippen LogP contribution in [0.2, 0.25) is 0 Å². The van der Waals surface area contributed by atoms with Crippen LogP contribution in [0, 0.1) is 5.82 Å². The van der Waals surface area contributed by atoms with E-state index in [0.29, 0.717) is 23.6 Å². The minimum atomic E-state index is -1.27. The molecule has 1 aromatic carbocycles. The molecule has 0 atom stereocenters. The van der Waals surface area contributed by atoms with Crippen molar-refractivity contribution in [1.82, 2.24) is 40.2 Å². The van der Waals surface area contributed by atoms with Crippen molar-refractivity contribution in [3.63, 3.8) is 0 Å². The molecule has 0 spiro atoms. The van der Waals surface area contributed by atoms with Gasteiger partial charge in [-0.15, -0.1) is 5.12 Å². The molecule has 6 rings (SSSR count). The molecule has 12 nitrogen and oxygen atoms in total. The van der Waals surface area contributed by atoms with E-state index in [1.54, 1.807) is 24.4 Å². The van der Waals surface area contributed by atoms with Gasteiger partial charge in [0, 0.05) is 55.7 Å². The van der Waals surface area contributed by atoms with E-state index in [2.05, 4.69) is 33.0 Å². The molecule has 41 heavy (non-hydrogen) atoms. The van der Waals surface area contributed by atoms with E-state index in [-0.39, 0.29) is 29.4 Å². The number of aromatic carboxylic acids is 1. The Morgan fingerprint density at radius 1 is 1.17 bits per heavy atom. The highest BCUT2D eigenvalue weighted by Gasteiger charge is 2.26. The predicted octanol–water partition coefficient (Wildman–Crippen LogP) is 2.84. The maximum Gasteiger partial charge on any atom is 0.373 e. The van der Waals surface area contributed by atoms with Crippen molar-refractivity contribution in [3.8, 4) is 16.9 Å². The molecule has 1 aliphatic carbocycles. The van der Waals surface area contributed by atoms with Crippen molar-refractivity contribution in [2.75, 3.05) is 14.2 Å². The smallest absolute Gasteiger partial charge is 0.373 e. The Labute approximate surface area is 234 Å². The summed E-state index contributed by atoms with van der Waals surface area (Å²) < 4.78 is 22.5. The summed E-state index contributed by atoms with van der Waals surface area (Å²) in [5, 5.41) is 15.3. The average Bonchev–Trinajstić information content (AvgIpc) is 3.65. The first-order valence-corrected chi connectivity index (χ1v) is 13.0. The summed E-state index contributed by atoms with van der Waals surface area (Å²) >= 11 is 0. The van der Waals surface area contributed by atoms with Gasteiger partial charge in [0.15, 0.2) is 11.6 Å². The fourth-order valence-corrected chi connectivity index (χ4v) is 4.77. The molecule has 13 heteroatoms. The molecule has 2 aliphatic rings. The standard InChI is InChI=1S/C28H27FN8O4/c1-35-34-22(15-37(35)14-19-13-36-12-17(16-3-4-16)5-8-24(36)33-19)27(38)32-11-21-20(6-7-23(41-2)25(21)29)18-9-30-26(28(39)40)31-10-18/h5-10,12-13,15-16,34H,3-4,11,14H2,1-2H3,(H,32,38)(H,39,40). The molecule has 0 radical (unpaired) electrons. The van der Waals surface area contributed by atoms with Crippen LogP contribution >= 0.6 is 0 Å². The first-order valence-electron chi connectivity index (χ1n) is 13.0. The molecule has 210 valence electrons. The van der Waals surface area contributed by atoms with Crippen LogP contribution in [0.1, 0.15) is 46.2 Å². The lowest BCUT2D eigenvalue weighted by Gasteiger charge is -2.23. The molecule has 4 aromatic rings. The van der Waals surface area contributed by atoms with E-state index in [0.717, 1.165) is 11.3 Å². The van der Waals surface area contributed by atoms with Crippen molar-refractivity contribution in [3.05, 3.63) is 89.4 Å². The summed E-state index contributed by atoms with van der Waals surface area (Å²) in [6, 6.07) is 7.20. The van der Waals surface area contributed by atoms with Crippen molar-refractivity contribution >= 4 is 17.5 Å². The maximum absolute atomic E-state index is 15.3. The lowest BCUT2D eigenvalue weighted by molar-refractivity contribution is -0.118. The number of amides is 1. The molecule has 0 bridgehead atoms. The van der Waals surface area contributed by atoms with Crippen LogP contribution in [-0.4, -0.2) is 60.6 Å². The van der Waals surface area contributed by atoms with Crippen molar-refractivity contribution in [2.24, 2.45) is 0 Å². The molecule has 4 heterocycles. The normalized spacial score (nSPS) is 15.1. The van der Waals surface area contributed by atoms with Crippen molar-refractivity contribution in [2.45, 2.75) is 31.8 Å². The van der Waals surface area contributed by atoms with E-state index < -0.39 is 17.7 Å². The minimum absolute atomic E-state index is 0.00175. The first-order chi connectivity index (χ1) is 19.8. The summed E-state index contributed by atoms with van der Waals surface area (Å²) in [5.74, 6) is -2.11. The van der Waals surface area contributed by atoms with Gasteiger partial charge in [-0.1, -0.05) is 12.1 Å². The second-order valence-corrected chi connectivity index (χ2v) is 9.90. The van der Waals surface area contributed by atoms with Gasteiger partial charge in [0.25, 0.3) is 5.91 Å². The number of carbonyl (C=O) groups is 2. The number of benzene rings is 1. The Kier molecular flexibility index (Phi) is 6.71. The van der Waals surface area contributed by atoms with Gasteiger partial charge in [-0.2, -0.15) is 0 Å². The molecule has 0 saturated heterocycles. The van der Waals surface area contributed by atoms with Crippen LogP contribution in [0.3, 0.4) is 0 Å².